The molecule has 1 amide bonds. The summed E-state index contributed by atoms with van der Waals surface area (Å²) in [4.78, 5) is 35.0. The first-order valence-corrected chi connectivity index (χ1v) is 3.95. The van der Waals surface area contributed by atoms with Crippen LogP contribution in [-0.2, 0) is 14.4 Å². The van der Waals surface area contributed by atoms with Crippen LogP contribution in [0, 0.1) is 5.92 Å². The highest BCUT2D eigenvalue weighted by Crippen LogP contribution is 2.17. The molecule has 13 heavy (non-hydrogen) atoms. The van der Waals surface area contributed by atoms with E-state index in [1.54, 1.807) is 14.0 Å². The molecule has 1 aliphatic rings. The highest BCUT2D eigenvalue weighted by Gasteiger charge is 2.36. The number of amides is 1. The van der Waals surface area contributed by atoms with Crippen LogP contribution in [0.2, 0.25) is 0 Å². The average molecular weight is 181 g/mol. The van der Waals surface area contributed by atoms with Gasteiger partial charge in [0, 0.05) is 18.8 Å². The first-order valence-electron chi connectivity index (χ1n) is 3.95. The van der Waals surface area contributed by atoms with Crippen LogP contribution >= 0.6 is 0 Å². The molecule has 4 heteroatoms. The molecule has 0 saturated heterocycles. The molecule has 1 heterocycles. The fourth-order valence-electron chi connectivity index (χ4n) is 1.25. The van der Waals surface area contributed by atoms with Crippen molar-refractivity contribution in [2.45, 2.75) is 13.8 Å². The Kier molecular flexibility index (Phi) is 2.32. The first kappa shape index (κ1) is 9.64. The molecule has 1 atom stereocenters. The van der Waals surface area contributed by atoms with Gasteiger partial charge in [0.1, 0.15) is 5.78 Å². The van der Waals surface area contributed by atoms with E-state index in [0.717, 1.165) is 0 Å². The Labute approximate surface area is 76.2 Å². The monoisotopic (exact) mass is 181 g/mol. The van der Waals surface area contributed by atoms with E-state index in [-0.39, 0.29) is 0 Å². The topological polar surface area (TPSA) is 54.5 Å². The molecule has 0 aliphatic carbocycles. The molecular weight excluding hydrogens is 170 g/mol. The Balaban J connectivity index is 3.10. The molecule has 0 saturated carbocycles. The van der Waals surface area contributed by atoms with E-state index >= 15 is 0 Å². The van der Waals surface area contributed by atoms with E-state index in [1.807, 2.05) is 0 Å². The number of Topliss-reactive ketones (excluding diaryl/α,β-unsaturated/α-hetero) is 1. The van der Waals surface area contributed by atoms with Crippen molar-refractivity contribution in [3.63, 3.8) is 0 Å². The van der Waals surface area contributed by atoms with Crippen molar-refractivity contribution in [1.82, 2.24) is 4.90 Å². The van der Waals surface area contributed by atoms with Gasteiger partial charge in [-0.1, -0.05) is 0 Å². The van der Waals surface area contributed by atoms with Crippen LogP contribution in [-0.4, -0.2) is 29.4 Å². The number of carbonyl (C=O) groups excluding carboxylic acids is 3. The van der Waals surface area contributed by atoms with Crippen molar-refractivity contribution < 1.29 is 14.4 Å². The van der Waals surface area contributed by atoms with Gasteiger partial charge in [0.05, 0.1) is 0 Å². The van der Waals surface area contributed by atoms with Crippen molar-refractivity contribution in [3.8, 4) is 0 Å². The summed E-state index contributed by atoms with van der Waals surface area (Å²) in [6.45, 7) is 2.91. The number of rotatable bonds is 1. The zero-order valence-electron chi connectivity index (χ0n) is 7.83. The van der Waals surface area contributed by atoms with Gasteiger partial charge in [-0.05, 0) is 13.8 Å². The zero-order chi connectivity index (χ0) is 10.2. The Hall–Kier alpha value is -1.45. The Morgan fingerprint density at radius 3 is 2.46 bits per heavy atom. The SMILES string of the molecule is CC(=O)[C@@H]1C(=O)C=C(C)N(C)C1=O. The summed E-state index contributed by atoms with van der Waals surface area (Å²) in [5, 5.41) is 0. The molecule has 0 aromatic carbocycles. The summed E-state index contributed by atoms with van der Waals surface area (Å²) in [6, 6.07) is 0. The molecule has 1 rings (SSSR count). The minimum Gasteiger partial charge on any atom is -0.318 e. The fraction of sp³-hybridized carbons (Fsp3) is 0.444. The molecule has 0 bridgehead atoms. The summed E-state index contributed by atoms with van der Waals surface area (Å²) in [7, 11) is 1.55. The lowest BCUT2D eigenvalue weighted by molar-refractivity contribution is -0.143. The largest absolute Gasteiger partial charge is 0.318 e. The lowest BCUT2D eigenvalue weighted by Gasteiger charge is -2.25. The maximum atomic E-state index is 11.4. The van der Waals surface area contributed by atoms with Crippen LogP contribution in [0.1, 0.15) is 13.8 Å². The molecule has 0 fully saturated rings. The summed E-state index contributed by atoms with van der Waals surface area (Å²) >= 11 is 0. The minimum atomic E-state index is -1.12. The van der Waals surface area contributed by atoms with Crippen LogP contribution < -0.4 is 0 Å². The van der Waals surface area contributed by atoms with Crippen molar-refractivity contribution >= 4 is 17.5 Å². The molecule has 0 radical (unpaired) electrons. The van der Waals surface area contributed by atoms with Gasteiger partial charge in [-0.3, -0.25) is 14.4 Å². The highest BCUT2D eigenvalue weighted by molar-refractivity contribution is 6.23. The Morgan fingerprint density at radius 1 is 1.46 bits per heavy atom. The molecule has 1 aliphatic heterocycles. The van der Waals surface area contributed by atoms with E-state index in [4.69, 9.17) is 0 Å². The molecule has 70 valence electrons. The first-order chi connectivity index (χ1) is 5.95. The minimum absolute atomic E-state index is 0.398. The number of hydrogen-bond donors (Lipinski definition) is 0. The van der Waals surface area contributed by atoms with Gasteiger partial charge in [0.2, 0.25) is 5.91 Å². The van der Waals surface area contributed by atoms with Gasteiger partial charge in [0.15, 0.2) is 11.7 Å². The number of nitrogens with zero attached hydrogens (tertiary/aromatic N) is 1. The number of ketones is 2. The quantitative estimate of drug-likeness (QED) is 0.540. The second-order valence-electron chi connectivity index (χ2n) is 3.13. The van der Waals surface area contributed by atoms with Crippen LogP contribution in [0.25, 0.3) is 0 Å². The normalized spacial score (nSPS) is 23.2. The van der Waals surface area contributed by atoms with E-state index in [0.29, 0.717) is 5.70 Å². The molecular formula is C9H11NO3. The third kappa shape index (κ3) is 1.52. The summed E-state index contributed by atoms with van der Waals surface area (Å²) in [6.07, 6.45) is 1.33. The molecule has 4 nitrogen and oxygen atoms in total. The van der Waals surface area contributed by atoms with Gasteiger partial charge < -0.3 is 4.90 Å². The number of hydrogen-bond acceptors (Lipinski definition) is 3. The Bertz CT molecular complexity index is 317. The maximum Gasteiger partial charge on any atom is 0.244 e. The molecule has 0 aromatic heterocycles. The zero-order valence-corrected chi connectivity index (χ0v) is 7.83. The van der Waals surface area contributed by atoms with E-state index < -0.39 is 23.4 Å². The average Bonchev–Trinajstić information content (AvgIpc) is 1.99. The van der Waals surface area contributed by atoms with Gasteiger partial charge in [-0.15, -0.1) is 0 Å². The summed E-state index contributed by atoms with van der Waals surface area (Å²) < 4.78 is 0. The molecule has 0 aromatic rings. The predicted octanol–water partition coefficient (Wildman–Crippen LogP) is 0.137. The third-order valence-electron chi connectivity index (χ3n) is 2.15. The maximum absolute atomic E-state index is 11.4. The van der Waals surface area contributed by atoms with E-state index in [9.17, 15) is 14.4 Å². The third-order valence-corrected chi connectivity index (χ3v) is 2.15. The fourth-order valence-corrected chi connectivity index (χ4v) is 1.25. The standard InChI is InChI=1S/C9H11NO3/c1-5-4-7(12)8(6(2)11)9(13)10(5)3/h4,8H,1-3H3/t8-/m1/s1. The predicted molar refractivity (Wildman–Crippen MR) is 45.7 cm³/mol. The highest BCUT2D eigenvalue weighted by atomic mass is 16.2. The Morgan fingerprint density at radius 2 is 2.00 bits per heavy atom. The lowest BCUT2D eigenvalue weighted by atomic mass is 9.94. The number of carbonyl (C=O) groups is 3. The van der Waals surface area contributed by atoms with Gasteiger partial charge >= 0.3 is 0 Å². The van der Waals surface area contributed by atoms with E-state index in [1.165, 1.54) is 17.9 Å². The van der Waals surface area contributed by atoms with Crippen LogP contribution in [0.15, 0.2) is 11.8 Å². The van der Waals surface area contributed by atoms with Crippen molar-refractivity contribution in [2.24, 2.45) is 5.92 Å². The van der Waals surface area contributed by atoms with Crippen LogP contribution in [0.3, 0.4) is 0 Å². The van der Waals surface area contributed by atoms with Crippen molar-refractivity contribution in [3.05, 3.63) is 11.8 Å². The van der Waals surface area contributed by atoms with E-state index in [2.05, 4.69) is 0 Å². The van der Waals surface area contributed by atoms with Crippen LogP contribution in [0.5, 0.6) is 0 Å². The second kappa shape index (κ2) is 3.12. The smallest absolute Gasteiger partial charge is 0.244 e. The number of allylic oxidation sites excluding steroid dienone is 2. The second-order valence-corrected chi connectivity index (χ2v) is 3.13. The van der Waals surface area contributed by atoms with Gasteiger partial charge in [0.25, 0.3) is 0 Å². The van der Waals surface area contributed by atoms with Crippen molar-refractivity contribution in [2.75, 3.05) is 7.05 Å². The van der Waals surface area contributed by atoms with Crippen LogP contribution in [0.4, 0.5) is 0 Å². The molecule has 0 spiro atoms. The van der Waals surface area contributed by atoms with Gasteiger partial charge in [-0.25, -0.2) is 0 Å². The summed E-state index contributed by atoms with van der Waals surface area (Å²) in [5.74, 6) is -2.36. The molecule has 0 unspecified atom stereocenters. The van der Waals surface area contributed by atoms with Gasteiger partial charge in [-0.2, -0.15) is 0 Å². The molecule has 0 N–H and O–H groups in total. The van der Waals surface area contributed by atoms with Crippen molar-refractivity contribution in [1.29, 1.82) is 0 Å². The summed E-state index contributed by atoms with van der Waals surface area (Å²) in [5.41, 5.74) is 0.576. The lowest BCUT2D eigenvalue weighted by Crippen LogP contribution is -2.43.